The molecule has 0 aliphatic heterocycles. The van der Waals surface area contributed by atoms with Gasteiger partial charge < -0.3 is 20.7 Å². The number of aliphatic carboxylic acids is 1. The van der Waals surface area contributed by atoms with Crippen molar-refractivity contribution in [2.24, 2.45) is 0 Å². The van der Waals surface area contributed by atoms with Crippen LogP contribution in [0.25, 0.3) is 22.4 Å². The summed E-state index contributed by atoms with van der Waals surface area (Å²) in [6, 6.07) is 28.0. The molecule has 0 atom stereocenters. The number of nitrogens with zero attached hydrogens (tertiary/aromatic N) is 1. The Kier molecular flexibility index (Phi) is 7.40. The molecule has 1 aliphatic carbocycles. The molecular weight excluding hydrogens is 471 g/mol. The van der Waals surface area contributed by atoms with E-state index >= 15 is 0 Å². The molecule has 0 saturated carbocycles. The molecule has 0 unspecified atom stereocenters. The van der Waals surface area contributed by atoms with Crippen molar-refractivity contribution in [1.29, 1.82) is 0 Å². The standard InChI is InChI=1S/C25H23N3O.C2HF3O2/c26-25-15-24(28-29-25)22-7-3-6-19(12-22)18-10-8-17(9-11-18)16-27-23-13-20-4-1-2-5-21(20)14-23;3-2(4,5)1(6)7/h1-12,15,23,27H,13-14,16,26H2;(H,6,7). The maximum atomic E-state index is 10.6. The minimum absolute atomic E-state index is 0.326. The van der Waals surface area contributed by atoms with Crippen LogP contribution in [0.4, 0.5) is 19.1 Å². The summed E-state index contributed by atoms with van der Waals surface area (Å²) in [5.41, 5.74) is 14.0. The lowest BCUT2D eigenvalue weighted by Crippen LogP contribution is -2.28. The van der Waals surface area contributed by atoms with E-state index in [1.54, 1.807) is 6.07 Å². The van der Waals surface area contributed by atoms with Crippen molar-refractivity contribution in [1.82, 2.24) is 10.5 Å². The molecule has 36 heavy (non-hydrogen) atoms. The molecule has 0 amide bonds. The average Bonchev–Trinajstić information content (AvgIpc) is 3.49. The summed E-state index contributed by atoms with van der Waals surface area (Å²) in [5.74, 6) is -2.43. The van der Waals surface area contributed by atoms with Crippen molar-refractivity contribution in [2.45, 2.75) is 31.6 Å². The van der Waals surface area contributed by atoms with Crippen molar-refractivity contribution in [3.8, 4) is 22.4 Å². The van der Waals surface area contributed by atoms with E-state index in [2.05, 4.69) is 71.1 Å². The molecule has 186 valence electrons. The number of anilines is 1. The van der Waals surface area contributed by atoms with Crippen LogP contribution in [-0.2, 0) is 24.2 Å². The molecule has 0 radical (unpaired) electrons. The van der Waals surface area contributed by atoms with E-state index in [0.717, 1.165) is 36.2 Å². The predicted octanol–water partition coefficient (Wildman–Crippen LogP) is 5.48. The third-order valence-electron chi connectivity index (χ3n) is 5.86. The Bertz CT molecular complexity index is 1310. The van der Waals surface area contributed by atoms with Crippen LogP contribution in [0.5, 0.6) is 0 Å². The number of hydrogen-bond donors (Lipinski definition) is 3. The lowest BCUT2D eigenvalue weighted by molar-refractivity contribution is -0.192. The minimum atomic E-state index is -5.08. The highest BCUT2D eigenvalue weighted by molar-refractivity contribution is 5.73. The lowest BCUT2D eigenvalue weighted by Gasteiger charge is -2.12. The maximum absolute atomic E-state index is 10.6. The molecule has 0 bridgehead atoms. The molecule has 9 heteroatoms. The first kappa shape index (κ1) is 25.0. The number of benzene rings is 3. The van der Waals surface area contributed by atoms with E-state index in [0.29, 0.717) is 11.9 Å². The molecule has 6 nitrogen and oxygen atoms in total. The monoisotopic (exact) mass is 495 g/mol. The average molecular weight is 496 g/mol. The van der Waals surface area contributed by atoms with Crippen molar-refractivity contribution < 1.29 is 27.6 Å². The number of aromatic nitrogens is 1. The molecular formula is C27H24F3N3O3. The quantitative estimate of drug-likeness (QED) is 0.339. The molecule has 5 rings (SSSR count). The zero-order valence-electron chi connectivity index (χ0n) is 19.1. The topological polar surface area (TPSA) is 101 Å². The predicted molar refractivity (Wildman–Crippen MR) is 130 cm³/mol. The summed E-state index contributed by atoms with van der Waals surface area (Å²) >= 11 is 0. The smallest absolute Gasteiger partial charge is 0.475 e. The molecule has 3 aromatic carbocycles. The van der Waals surface area contributed by atoms with Crippen LogP contribution in [0.2, 0.25) is 0 Å². The molecule has 0 saturated heterocycles. The van der Waals surface area contributed by atoms with Crippen molar-refractivity contribution >= 4 is 11.9 Å². The largest absolute Gasteiger partial charge is 0.490 e. The number of nitrogen functional groups attached to an aromatic ring is 1. The first-order chi connectivity index (χ1) is 17.2. The summed E-state index contributed by atoms with van der Waals surface area (Å²) in [5, 5.41) is 14.8. The Hall–Kier alpha value is -4.11. The van der Waals surface area contributed by atoms with Gasteiger partial charge in [0, 0.05) is 24.2 Å². The van der Waals surface area contributed by atoms with E-state index in [1.807, 2.05) is 12.1 Å². The van der Waals surface area contributed by atoms with Crippen LogP contribution < -0.4 is 11.1 Å². The van der Waals surface area contributed by atoms with Gasteiger partial charge in [0.15, 0.2) is 0 Å². The lowest BCUT2D eigenvalue weighted by atomic mass is 10.0. The molecule has 0 spiro atoms. The summed E-state index contributed by atoms with van der Waals surface area (Å²) in [7, 11) is 0. The van der Waals surface area contributed by atoms with Crippen LogP contribution in [0.1, 0.15) is 16.7 Å². The number of hydrogen-bond acceptors (Lipinski definition) is 5. The summed E-state index contributed by atoms with van der Waals surface area (Å²) < 4.78 is 36.7. The number of halogens is 3. The second-order valence-corrected chi connectivity index (χ2v) is 8.45. The van der Waals surface area contributed by atoms with Crippen molar-refractivity contribution in [3.63, 3.8) is 0 Å². The summed E-state index contributed by atoms with van der Waals surface area (Å²) in [4.78, 5) is 8.90. The number of rotatable bonds is 5. The zero-order chi connectivity index (χ0) is 25.7. The number of nitrogens with two attached hydrogens (primary N) is 1. The van der Waals surface area contributed by atoms with Crippen molar-refractivity contribution in [2.75, 3.05) is 5.73 Å². The number of nitrogens with one attached hydrogen (secondary N) is 1. The van der Waals surface area contributed by atoms with E-state index in [-0.39, 0.29) is 0 Å². The Morgan fingerprint density at radius 2 is 1.56 bits per heavy atom. The van der Waals surface area contributed by atoms with Gasteiger partial charge in [0.2, 0.25) is 5.88 Å². The normalized spacial score (nSPS) is 13.1. The molecule has 4 aromatic rings. The molecule has 1 heterocycles. The number of carbonyl (C=O) groups is 1. The van der Waals surface area contributed by atoms with Crippen LogP contribution in [-0.4, -0.2) is 28.5 Å². The van der Waals surface area contributed by atoms with Crippen LogP contribution in [0, 0.1) is 0 Å². The number of fused-ring (bicyclic) bond motifs is 1. The van der Waals surface area contributed by atoms with Crippen LogP contribution in [0.3, 0.4) is 0 Å². The fourth-order valence-corrected chi connectivity index (χ4v) is 4.06. The molecule has 4 N–H and O–H groups in total. The third-order valence-corrected chi connectivity index (χ3v) is 5.86. The summed E-state index contributed by atoms with van der Waals surface area (Å²) in [6.07, 6.45) is -2.85. The SMILES string of the molecule is Nc1cc(-c2cccc(-c3ccc(CNC4Cc5ccccc5C4)cc3)c2)no1.O=C(O)C(F)(F)F. The highest BCUT2D eigenvalue weighted by atomic mass is 19.4. The van der Waals surface area contributed by atoms with Gasteiger partial charge in [-0.1, -0.05) is 71.9 Å². The van der Waals surface area contributed by atoms with Gasteiger partial charge in [0.05, 0.1) is 0 Å². The van der Waals surface area contributed by atoms with E-state index in [4.69, 9.17) is 20.2 Å². The Morgan fingerprint density at radius 1 is 0.944 bits per heavy atom. The van der Waals surface area contributed by atoms with E-state index < -0.39 is 12.1 Å². The second kappa shape index (κ2) is 10.7. The highest BCUT2D eigenvalue weighted by Crippen LogP contribution is 2.27. The maximum Gasteiger partial charge on any atom is 0.490 e. The number of carboxylic acids is 1. The number of alkyl halides is 3. The Labute approximate surface area is 205 Å². The zero-order valence-corrected chi connectivity index (χ0v) is 19.1. The van der Waals surface area contributed by atoms with Gasteiger partial charge in [-0.25, -0.2) is 4.79 Å². The Morgan fingerprint density at radius 3 is 2.11 bits per heavy atom. The fourth-order valence-electron chi connectivity index (χ4n) is 4.06. The molecule has 1 aliphatic rings. The number of carboxylic acid groups (broad SMARTS) is 1. The van der Waals surface area contributed by atoms with Gasteiger partial charge >= 0.3 is 12.1 Å². The van der Waals surface area contributed by atoms with Gasteiger partial charge in [-0.2, -0.15) is 13.2 Å². The van der Waals surface area contributed by atoms with E-state index in [1.165, 1.54) is 22.3 Å². The first-order valence-corrected chi connectivity index (χ1v) is 11.2. The molecule has 1 aromatic heterocycles. The fraction of sp³-hybridized carbons (Fsp3) is 0.185. The van der Waals surface area contributed by atoms with Crippen molar-refractivity contribution in [3.05, 3.63) is 95.6 Å². The van der Waals surface area contributed by atoms with Crippen LogP contribution >= 0.6 is 0 Å². The third kappa shape index (κ3) is 6.31. The van der Waals surface area contributed by atoms with Crippen LogP contribution in [0.15, 0.2) is 83.4 Å². The van der Waals surface area contributed by atoms with Gasteiger partial charge in [0.25, 0.3) is 0 Å². The van der Waals surface area contributed by atoms with Gasteiger partial charge in [0.1, 0.15) is 5.69 Å². The van der Waals surface area contributed by atoms with Gasteiger partial charge in [-0.05, 0) is 46.7 Å². The first-order valence-electron chi connectivity index (χ1n) is 11.2. The van der Waals surface area contributed by atoms with Gasteiger partial charge in [-0.15, -0.1) is 0 Å². The van der Waals surface area contributed by atoms with E-state index in [9.17, 15) is 13.2 Å². The Balaban J connectivity index is 0.000000384. The van der Waals surface area contributed by atoms with Gasteiger partial charge in [-0.3, -0.25) is 0 Å². The molecule has 0 fully saturated rings. The minimum Gasteiger partial charge on any atom is -0.475 e. The highest BCUT2D eigenvalue weighted by Gasteiger charge is 2.38. The second-order valence-electron chi connectivity index (χ2n) is 8.45. The summed E-state index contributed by atoms with van der Waals surface area (Å²) in [6.45, 7) is 0.886.